The Morgan fingerprint density at radius 1 is 0.681 bits per heavy atom. The van der Waals surface area contributed by atoms with Crippen LogP contribution >= 0.6 is 6.89 Å². The Hall–Kier alpha value is -5.23. The molecule has 1 heterocycles. The minimum atomic E-state index is -1.95. The van der Waals surface area contributed by atoms with Gasteiger partial charge in [-0.2, -0.15) is 0 Å². The van der Waals surface area contributed by atoms with Crippen LogP contribution in [-0.4, -0.2) is 10.7 Å². The fourth-order valence-electron chi connectivity index (χ4n) is 6.97. The topological polar surface area (TPSA) is 12.4 Å². The number of nitrogens with zero attached hydrogens (tertiary/aromatic N) is 1. The number of benzene rings is 6. The molecule has 2 heteroatoms. The van der Waals surface area contributed by atoms with E-state index in [0.717, 1.165) is 16.7 Å². The summed E-state index contributed by atoms with van der Waals surface area (Å²) in [6.07, 6.45) is 12.1. The summed E-state index contributed by atoms with van der Waals surface area (Å²) in [4.78, 5) is 5.07. The summed E-state index contributed by atoms with van der Waals surface area (Å²) in [7, 11) is 0. The molecule has 6 aromatic carbocycles. The molecule has 0 N–H and O–H groups in total. The lowest BCUT2D eigenvalue weighted by atomic mass is 9.90. The smallest absolute Gasteiger partial charge is 0.0633 e. The molecule has 1 nitrogen and oxygen atoms in total. The molecule has 0 radical (unpaired) electrons. The molecule has 0 amide bonds. The van der Waals surface area contributed by atoms with E-state index in [1.54, 1.807) is 0 Å². The van der Waals surface area contributed by atoms with Crippen molar-refractivity contribution in [3.05, 3.63) is 181 Å². The van der Waals surface area contributed by atoms with Gasteiger partial charge in [-0.05, 0) is 110 Å². The Bertz CT molecular complexity index is 2430. The van der Waals surface area contributed by atoms with Crippen molar-refractivity contribution < 1.29 is 0 Å². The Kier molecular flexibility index (Phi) is 8.10. The second kappa shape index (κ2) is 12.5. The van der Waals surface area contributed by atoms with Gasteiger partial charge in [-0.3, -0.25) is 4.99 Å². The molecule has 47 heavy (non-hydrogen) atoms. The average molecular weight is 624 g/mol. The summed E-state index contributed by atoms with van der Waals surface area (Å²) < 4.78 is 0. The maximum Gasteiger partial charge on any atom is 0.0633 e. The largest absolute Gasteiger partial charge is 0.253 e. The highest BCUT2D eigenvalue weighted by Gasteiger charge is 2.23. The van der Waals surface area contributed by atoms with Gasteiger partial charge >= 0.3 is 0 Å². The van der Waals surface area contributed by atoms with Crippen molar-refractivity contribution in [3.8, 4) is 11.1 Å². The molecule has 0 aromatic heterocycles. The molecule has 0 atom stereocenters. The summed E-state index contributed by atoms with van der Waals surface area (Å²) >= 11 is 0. The summed E-state index contributed by atoms with van der Waals surface area (Å²) in [6.45, 7) is 12.7. The molecular weight excluding hydrogens is 585 g/mol. The van der Waals surface area contributed by atoms with E-state index in [4.69, 9.17) is 4.99 Å². The molecule has 0 unspecified atom stereocenters. The summed E-state index contributed by atoms with van der Waals surface area (Å²) in [5, 5.41) is 11.7. The van der Waals surface area contributed by atoms with Crippen LogP contribution in [0.25, 0.3) is 54.2 Å². The number of rotatable bonds is 7. The van der Waals surface area contributed by atoms with Crippen LogP contribution in [0.4, 0.5) is 0 Å². The van der Waals surface area contributed by atoms with Crippen molar-refractivity contribution in [1.29, 1.82) is 0 Å². The lowest BCUT2D eigenvalue weighted by Gasteiger charge is -2.22. The zero-order valence-electron chi connectivity index (χ0n) is 27.2. The van der Waals surface area contributed by atoms with Crippen molar-refractivity contribution in [1.82, 2.24) is 0 Å². The van der Waals surface area contributed by atoms with Gasteiger partial charge in [0.15, 0.2) is 0 Å². The molecule has 1 aliphatic rings. The van der Waals surface area contributed by atoms with E-state index in [0.29, 0.717) is 0 Å². The van der Waals surface area contributed by atoms with Crippen LogP contribution in [0.3, 0.4) is 0 Å². The first-order valence-electron chi connectivity index (χ1n) is 16.1. The molecule has 1 aliphatic heterocycles. The van der Waals surface area contributed by atoms with E-state index in [1.165, 1.54) is 65.1 Å². The second-order valence-corrected chi connectivity index (χ2v) is 15.6. The summed E-state index contributed by atoms with van der Waals surface area (Å²) in [6, 6.07) is 38.1. The molecule has 0 spiro atoms. The Balaban J connectivity index is 1.39. The average Bonchev–Trinajstić information content (AvgIpc) is 3.63. The van der Waals surface area contributed by atoms with E-state index in [1.807, 2.05) is 31.2 Å². The Labute approximate surface area is 278 Å². The SMILES string of the molecule is C=C/C(=C\C=C/C)C(=C)N=C(C)P1(=C(C)c2cccc(-c3ccc4ccc5c6ccccc6c6ccccc6c5c4c3)c2)C=CC=C1. The first kappa shape index (κ1) is 30.4. The lowest BCUT2D eigenvalue weighted by Crippen LogP contribution is -2.04. The Morgan fingerprint density at radius 3 is 1.98 bits per heavy atom. The maximum absolute atomic E-state index is 5.07. The highest BCUT2D eigenvalue weighted by atomic mass is 31.2. The van der Waals surface area contributed by atoms with Gasteiger partial charge < -0.3 is 0 Å². The van der Waals surface area contributed by atoms with Crippen LogP contribution in [0, 0.1) is 0 Å². The van der Waals surface area contributed by atoms with E-state index in [2.05, 4.69) is 154 Å². The van der Waals surface area contributed by atoms with Gasteiger partial charge in [-0.15, -0.1) is 0 Å². The maximum atomic E-state index is 5.07. The van der Waals surface area contributed by atoms with Crippen LogP contribution in [-0.2, 0) is 0 Å². The summed E-state index contributed by atoms with van der Waals surface area (Å²) in [5.74, 6) is 4.70. The van der Waals surface area contributed by atoms with Crippen LogP contribution in [0.2, 0.25) is 0 Å². The van der Waals surface area contributed by atoms with Crippen molar-refractivity contribution in [2.24, 2.45) is 4.99 Å². The number of hydrogen-bond donors (Lipinski definition) is 0. The van der Waals surface area contributed by atoms with Crippen molar-refractivity contribution in [3.63, 3.8) is 0 Å². The number of allylic oxidation sites excluding steroid dienone is 6. The van der Waals surface area contributed by atoms with E-state index < -0.39 is 6.89 Å². The van der Waals surface area contributed by atoms with Gasteiger partial charge in [-0.25, -0.2) is 0 Å². The highest BCUT2D eigenvalue weighted by Crippen LogP contribution is 2.58. The minimum absolute atomic E-state index is 0.730. The monoisotopic (exact) mass is 623 g/mol. The molecule has 0 saturated heterocycles. The fourth-order valence-corrected chi connectivity index (χ4v) is 10.0. The third-order valence-corrected chi connectivity index (χ3v) is 13.3. The van der Waals surface area contributed by atoms with Gasteiger partial charge in [-0.1, -0.05) is 152 Å². The quantitative estimate of drug-likeness (QED) is 0.0726. The first-order chi connectivity index (χ1) is 22.9. The second-order valence-electron chi connectivity index (χ2n) is 12.1. The van der Waals surface area contributed by atoms with Crippen LogP contribution in [0.1, 0.15) is 26.3 Å². The highest BCUT2D eigenvalue weighted by molar-refractivity contribution is 7.96. The van der Waals surface area contributed by atoms with E-state index >= 15 is 0 Å². The minimum Gasteiger partial charge on any atom is -0.253 e. The zero-order chi connectivity index (χ0) is 32.5. The lowest BCUT2D eigenvalue weighted by molar-refractivity contribution is 1.36. The Morgan fingerprint density at radius 2 is 1.30 bits per heavy atom. The van der Waals surface area contributed by atoms with Crippen LogP contribution in [0.5, 0.6) is 0 Å². The molecule has 7 rings (SSSR count). The standard InChI is InChI=1S/C45H38NP/c1-6-8-16-34(7-2)31(3)46-33(5)47(27-13-14-28-47)32(4)36-17-15-18-37(29-36)38-24-23-35-25-26-43-41-21-10-9-19-39(41)40-20-11-12-22-42(40)45(43)44(35)30-38/h6-30H,2-3H2,1,4-5H3/b8-6-,34-16+,46-33?. The molecule has 0 bridgehead atoms. The van der Waals surface area contributed by atoms with Crippen LogP contribution < -0.4 is 0 Å². The van der Waals surface area contributed by atoms with Gasteiger partial charge in [0.2, 0.25) is 0 Å². The normalized spacial score (nSPS) is 14.6. The van der Waals surface area contributed by atoms with Crippen molar-refractivity contribution >= 4 is 60.7 Å². The van der Waals surface area contributed by atoms with Crippen LogP contribution in [0.15, 0.2) is 181 Å². The van der Waals surface area contributed by atoms with E-state index in [9.17, 15) is 0 Å². The third kappa shape index (κ3) is 5.28. The molecule has 6 aromatic rings. The zero-order valence-corrected chi connectivity index (χ0v) is 28.1. The first-order valence-corrected chi connectivity index (χ1v) is 18.0. The van der Waals surface area contributed by atoms with Crippen molar-refractivity contribution in [2.75, 3.05) is 0 Å². The third-order valence-electron chi connectivity index (χ3n) is 9.50. The number of aliphatic imine (C=N–C) groups is 1. The molecule has 228 valence electrons. The predicted octanol–water partition coefficient (Wildman–Crippen LogP) is 13.2. The predicted molar refractivity (Wildman–Crippen MR) is 212 cm³/mol. The van der Waals surface area contributed by atoms with Gasteiger partial charge in [0.1, 0.15) is 0 Å². The molecule has 0 aliphatic carbocycles. The van der Waals surface area contributed by atoms with Crippen molar-refractivity contribution in [2.45, 2.75) is 20.8 Å². The number of hydrogen-bond acceptors (Lipinski definition) is 1. The van der Waals surface area contributed by atoms with E-state index in [-0.39, 0.29) is 0 Å². The van der Waals surface area contributed by atoms with Gasteiger partial charge in [0, 0.05) is 5.45 Å². The molecule has 0 saturated carbocycles. The van der Waals surface area contributed by atoms with Gasteiger partial charge in [0.05, 0.1) is 5.70 Å². The fraction of sp³-hybridized carbons (Fsp3) is 0.0667. The summed E-state index contributed by atoms with van der Waals surface area (Å²) in [5.41, 5.74) is 6.39. The molecule has 0 fully saturated rings. The van der Waals surface area contributed by atoms with Gasteiger partial charge in [0.25, 0.3) is 0 Å². The number of fused-ring (bicyclic) bond motifs is 8. The molecular formula is C45H38NP.